The Morgan fingerprint density at radius 2 is 1.50 bits per heavy atom. The Morgan fingerprint density at radius 1 is 1.07 bits per heavy atom. The molecule has 14 heavy (non-hydrogen) atoms. The number of halogens is 1. The minimum absolute atomic E-state index is 0. The second-order valence-corrected chi connectivity index (χ2v) is 7.05. The van der Waals surface area contributed by atoms with Gasteiger partial charge in [-0.1, -0.05) is 61.5 Å². The van der Waals surface area contributed by atoms with E-state index in [1.54, 1.807) is 0 Å². The van der Waals surface area contributed by atoms with Crippen molar-refractivity contribution in [3.8, 4) is 0 Å². The van der Waals surface area contributed by atoms with Crippen LogP contribution in [0.1, 0.15) is 13.8 Å². The normalized spacial score (nSPS) is 9.93. The van der Waals surface area contributed by atoms with E-state index in [2.05, 4.69) is 0 Å². The summed E-state index contributed by atoms with van der Waals surface area (Å²) in [6.45, 7) is 4.02. The third-order valence-electron chi connectivity index (χ3n) is 2.44. The van der Waals surface area contributed by atoms with Gasteiger partial charge >= 0.3 is 23.1 Å². The second-order valence-electron chi connectivity index (χ2n) is 3.07. The maximum atomic E-state index is 12.2. The summed E-state index contributed by atoms with van der Waals surface area (Å²) in [5.74, 6) is 0. The first-order valence-electron chi connectivity index (χ1n) is 4.49. The molecule has 0 saturated heterocycles. The molecule has 0 fully saturated rings. The predicted molar refractivity (Wildman–Crippen MR) is 58.5 cm³/mol. The van der Waals surface area contributed by atoms with Crippen LogP contribution in [0.25, 0.3) is 0 Å². The Balaban J connectivity index is 0. The van der Waals surface area contributed by atoms with E-state index < -0.39 is 8.32 Å². The van der Waals surface area contributed by atoms with Crippen molar-refractivity contribution in [1.29, 1.82) is 0 Å². The van der Waals surface area contributed by atoms with Crippen LogP contribution in [0.15, 0.2) is 30.3 Å². The van der Waals surface area contributed by atoms with E-state index >= 15 is 0 Å². The summed E-state index contributed by atoms with van der Waals surface area (Å²) < 4.78 is 0. The molecule has 4 heteroatoms. The summed E-state index contributed by atoms with van der Waals surface area (Å²) in [5.41, 5.74) is 0. The topological polar surface area (TPSA) is 23.1 Å². The van der Waals surface area contributed by atoms with Gasteiger partial charge in [0.2, 0.25) is 0 Å². The largest absolute Gasteiger partial charge is 2.00 e. The summed E-state index contributed by atoms with van der Waals surface area (Å²) in [4.78, 5) is 12.2. The summed E-state index contributed by atoms with van der Waals surface area (Å²) in [7, 11) is -2.32. The van der Waals surface area contributed by atoms with Crippen LogP contribution in [0.4, 0.5) is 0 Å². The van der Waals surface area contributed by atoms with Gasteiger partial charge in [0.15, 0.2) is 0 Å². The maximum Gasteiger partial charge on any atom is 2.00 e. The van der Waals surface area contributed by atoms with Gasteiger partial charge in [-0.3, -0.25) is 0 Å². The molecule has 0 radical (unpaired) electrons. The summed E-state index contributed by atoms with van der Waals surface area (Å²) >= 11 is 0. The standard InChI is InChI=1S/C10H15OSi.BrH.Mg/c1-3-12(11,4-2)10-8-6-5-7-9-10;;/h5-9H,3-4H2,1-2H3;1H;/q-1;;+2/p-1. The molecule has 0 amide bonds. The van der Waals surface area contributed by atoms with Crippen LogP contribution in [-0.4, -0.2) is 31.4 Å². The first-order chi connectivity index (χ1) is 5.73. The Morgan fingerprint density at radius 3 is 1.86 bits per heavy atom. The third-order valence-corrected chi connectivity index (χ3v) is 6.11. The fraction of sp³-hybridized carbons (Fsp3) is 0.400. The van der Waals surface area contributed by atoms with Gasteiger partial charge in [0.25, 0.3) is 0 Å². The smallest absolute Gasteiger partial charge is 1.00 e. The van der Waals surface area contributed by atoms with Crippen LogP contribution in [-0.2, 0) is 0 Å². The average molecular weight is 284 g/mol. The van der Waals surface area contributed by atoms with Gasteiger partial charge in [-0.05, 0) is 8.32 Å². The van der Waals surface area contributed by atoms with Crippen LogP contribution >= 0.6 is 0 Å². The molecule has 1 nitrogen and oxygen atoms in total. The summed E-state index contributed by atoms with van der Waals surface area (Å²) in [6, 6.07) is 11.4. The van der Waals surface area contributed by atoms with E-state index in [-0.39, 0.29) is 40.0 Å². The zero-order chi connectivity index (χ0) is 9.03. The van der Waals surface area contributed by atoms with Gasteiger partial charge in [0, 0.05) is 0 Å². The molecule has 1 aromatic rings. The monoisotopic (exact) mass is 282 g/mol. The third kappa shape index (κ3) is 4.02. The Kier molecular flexibility index (Phi) is 9.59. The van der Waals surface area contributed by atoms with Gasteiger partial charge in [-0.15, -0.1) is 0 Å². The minimum atomic E-state index is -2.32. The Hall–Kier alpha value is 0.643. The van der Waals surface area contributed by atoms with E-state index in [1.807, 2.05) is 44.2 Å². The molecule has 1 rings (SSSR count). The van der Waals surface area contributed by atoms with Gasteiger partial charge in [0.1, 0.15) is 0 Å². The van der Waals surface area contributed by atoms with Gasteiger partial charge < -0.3 is 21.8 Å². The first-order valence-corrected chi connectivity index (χ1v) is 6.81. The molecule has 0 heterocycles. The molecule has 74 valence electrons. The molecule has 0 aliphatic heterocycles. The Labute approximate surface area is 114 Å². The van der Waals surface area contributed by atoms with Gasteiger partial charge in [-0.2, -0.15) is 0 Å². The number of hydrogen-bond donors (Lipinski definition) is 0. The molecular weight excluding hydrogens is 268 g/mol. The predicted octanol–water partition coefficient (Wildman–Crippen LogP) is -2.14. The van der Waals surface area contributed by atoms with Crippen LogP contribution in [0.3, 0.4) is 0 Å². The maximum absolute atomic E-state index is 12.2. The van der Waals surface area contributed by atoms with Crippen molar-refractivity contribution in [2.45, 2.75) is 25.9 Å². The van der Waals surface area contributed by atoms with E-state index in [4.69, 9.17) is 0 Å². The van der Waals surface area contributed by atoms with Crippen LogP contribution in [0.2, 0.25) is 12.1 Å². The molecule has 1 aromatic carbocycles. The molecule has 0 aromatic heterocycles. The quantitative estimate of drug-likeness (QED) is 0.581. The van der Waals surface area contributed by atoms with Crippen molar-refractivity contribution in [2.75, 3.05) is 0 Å². The van der Waals surface area contributed by atoms with Crippen LogP contribution in [0, 0.1) is 0 Å². The van der Waals surface area contributed by atoms with Crippen LogP contribution in [0.5, 0.6) is 0 Å². The Bertz CT molecular complexity index is 239. The first kappa shape index (κ1) is 17.1. The molecule has 0 aliphatic carbocycles. The average Bonchev–Trinajstić information content (AvgIpc) is 2.18. The zero-order valence-corrected chi connectivity index (χ0v) is 12.8. The van der Waals surface area contributed by atoms with Crippen molar-refractivity contribution in [1.82, 2.24) is 0 Å². The second kappa shape index (κ2) is 7.87. The molecule has 0 atom stereocenters. The fourth-order valence-electron chi connectivity index (χ4n) is 1.40. The number of rotatable bonds is 3. The fourth-order valence-corrected chi connectivity index (χ4v) is 3.52. The molecule has 0 N–H and O–H groups in total. The zero-order valence-electron chi connectivity index (χ0n) is 8.79. The van der Waals surface area contributed by atoms with Gasteiger partial charge in [0.05, 0.1) is 0 Å². The summed E-state index contributed by atoms with van der Waals surface area (Å²) in [5, 5.41) is 1.05. The van der Waals surface area contributed by atoms with E-state index in [0.29, 0.717) is 0 Å². The van der Waals surface area contributed by atoms with E-state index in [0.717, 1.165) is 17.3 Å². The molecule has 0 saturated carbocycles. The summed E-state index contributed by atoms with van der Waals surface area (Å²) in [6.07, 6.45) is 0. The van der Waals surface area contributed by atoms with Crippen molar-refractivity contribution >= 4 is 36.6 Å². The molecule has 0 bridgehead atoms. The molecule has 0 aliphatic rings. The minimum Gasteiger partial charge on any atom is -1.00 e. The molecule has 0 unspecified atom stereocenters. The molecular formula is C10H15BrMgOSi. The van der Waals surface area contributed by atoms with Crippen molar-refractivity contribution in [3.05, 3.63) is 30.3 Å². The number of hydrogen-bond acceptors (Lipinski definition) is 1. The SMILES string of the molecule is CC[Si]([O-])(CC)c1ccccc1.[Br-].[Mg+2]. The van der Waals surface area contributed by atoms with Gasteiger partial charge in [-0.25, -0.2) is 0 Å². The van der Waals surface area contributed by atoms with Crippen molar-refractivity contribution in [2.24, 2.45) is 0 Å². The van der Waals surface area contributed by atoms with Crippen LogP contribution < -0.4 is 27.0 Å². The number of benzene rings is 1. The van der Waals surface area contributed by atoms with E-state index in [9.17, 15) is 4.80 Å². The van der Waals surface area contributed by atoms with E-state index in [1.165, 1.54) is 0 Å². The molecule has 0 spiro atoms. The van der Waals surface area contributed by atoms with Crippen molar-refractivity contribution in [3.63, 3.8) is 0 Å². The van der Waals surface area contributed by atoms with Crippen molar-refractivity contribution < 1.29 is 21.8 Å².